The SMILES string of the molecule is N#CCC(C(=O)c1ccc(Br)c(Br)c1)c1ccccc1. The third-order valence-electron chi connectivity index (χ3n) is 3.02. The van der Waals surface area contributed by atoms with Gasteiger partial charge in [0.15, 0.2) is 5.78 Å². The maximum Gasteiger partial charge on any atom is 0.171 e. The van der Waals surface area contributed by atoms with Crippen LogP contribution in [-0.2, 0) is 0 Å². The number of hydrogen-bond donors (Lipinski definition) is 0. The molecule has 0 radical (unpaired) electrons. The molecule has 2 aromatic rings. The molecule has 0 saturated carbocycles. The first-order valence-corrected chi connectivity index (χ1v) is 7.63. The smallest absolute Gasteiger partial charge is 0.171 e. The number of carbonyl (C=O) groups is 1. The van der Waals surface area contributed by atoms with Crippen molar-refractivity contribution in [1.82, 2.24) is 0 Å². The molecule has 0 spiro atoms. The first-order chi connectivity index (χ1) is 9.63. The Balaban J connectivity index is 2.37. The second-order valence-corrected chi connectivity index (χ2v) is 6.03. The predicted octanol–water partition coefficient (Wildman–Crippen LogP) is 5.09. The molecule has 0 aliphatic carbocycles. The van der Waals surface area contributed by atoms with Gasteiger partial charge in [0.2, 0.25) is 0 Å². The van der Waals surface area contributed by atoms with E-state index in [4.69, 9.17) is 5.26 Å². The average Bonchev–Trinajstić information content (AvgIpc) is 2.48. The van der Waals surface area contributed by atoms with Crippen molar-refractivity contribution in [2.24, 2.45) is 0 Å². The van der Waals surface area contributed by atoms with Crippen LogP contribution in [0.15, 0.2) is 57.5 Å². The van der Waals surface area contributed by atoms with Crippen molar-refractivity contribution in [3.8, 4) is 6.07 Å². The van der Waals surface area contributed by atoms with Crippen molar-refractivity contribution in [1.29, 1.82) is 5.26 Å². The van der Waals surface area contributed by atoms with E-state index in [-0.39, 0.29) is 12.2 Å². The summed E-state index contributed by atoms with van der Waals surface area (Å²) in [4.78, 5) is 12.6. The molecule has 2 aromatic carbocycles. The number of nitriles is 1. The van der Waals surface area contributed by atoms with Crippen LogP contribution >= 0.6 is 31.9 Å². The number of carbonyl (C=O) groups excluding carboxylic acids is 1. The van der Waals surface area contributed by atoms with Gasteiger partial charge in [-0.25, -0.2) is 0 Å². The maximum atomic E-state index is 12.6. The topological polar surface area (TPSA) is 40.9 Å². The standard InChI is InChI=1S/C16H11Br2NO/c17-14-7-6-12(10-15(14)18)16(20)13(8-9-19)11-4-2-1-3-5-11/h1-7,10,13H,8H2. The van der Waals surface area contributed by atoms with Crippen LogP contribution in [0.3, 0.4) is 0 Å². The van der Waals surface area contributed by atoms with Gasteiger partial charge in [-0.2, -0.15) is 5.26 Å². The molecule has 0 saturated heterocycles. The van der Waals surface area contributed by atoms with Crippen LogP contribution in [0.5, 0.6) is 0 Å². The molecule has 0 aliphatic heterocycles. The fourth-order valence-electron chi connectivity index (χ4n) is 1.99. The van der Waals surface area contributed by atoms with Gasteiger partial charge in [-0.15, -0.1) is 0 Å². The van der Waals surface area contributed by atoms with Gasteiger partial charge in [0.1, 0.15) is 0 Å². The highest BCUT2D eigenvalue weighted by Crippen LogP contribution is 2.28. The summed E-state index contributed by atoms with van der Waals surface area (Å²) < 4.78 is 1.72. The summed E-state index contributed by atoms with van der Waals surface area (Å²) in [5.74, 6) is -0.458. The van der Waals surface area contributed by atoms with E-state index in [1.165, 1.54) is 0 Å². The molecule has 0 aliphatic rings. The van der Waals surface area contributed by atoms with Crippen LogP contribution in [0.25, 0.3) is 0 Å². The number of Topliss-reactive ketones (excluding diaryl/α,β-unsaturated/α-hetero) is 1. The van der Waals surface area contributed by atoms with Gasteiger partial charge in [0, 0.05) is 20.9 Å². The van der Waals surface area contributed by atoms with E-state index >= 15 is 0 Å². The Labute approximate surface area is 134 Å². The molecule has 100 valence electrons. The number of benzene rings is 2. The fraction of sp³-hybridized carbons (Fsp3) is 0.125. The van der Waals surface area contributed by atoms with E-state index in [9.17, 15) is 4.79 Å². The predicted molar refractivity (Wildman–Crippen MR) is 85.6 cm³/mol. The van der Waals surface area contributed by atoms with Gasteiger partial charge in [0.05, 0.1) is 12.0 Å². The summed E-state index contributed by atoms with van der Waals surface area (Å²) in [5, 5.41) is 8.97. The zero-order valence-corrected chi connectivity index (χ0v) is 13.7. The lowest BCUT2D eigenvalue weighted by Gasteiger charge is -2.13. The Kier molecular flexibility index (Phi) is 5.11. The Bertz CT molecular complexity index is 662. The Morgan fingerprint density at radius 3 is 2.40 bits per heavy atom. The summed E-state index contributed by atoms with van der Waals surface area (Å²) in [6.45, 7) is 0. The number of halogens is 2. The minimum atomic E-state index is -0.422. The summed E-state index contributed by atoms with van der Waals surface area (Å²) in [6, 6.07) is 16.9. The molecule has 2 rings (SSSR count). The molecular formula is C16H11Br2NO. The van der Waals surface area contributed by atoms with E-state index < -0.39 is 5.92 Å². The molecule has 20 heavy (non-hydrogen) atoms. The van der Waals surface area contributed by atoms with Crippen molar-refractivity contribution in [2.75, 3.05) is 0 Å². The highest BCUT2D eigenvalue weighted by Gasteiger charge is 2.22. The molecular weight excluding hydrogens is 382 g/mol. The van der Waals surface area contributed by atoms with Crippen molar-refractivity contribution in [3.05, 3.63) is 68.6 Å². The molecule has 0 heterocycles. The molecule has 0 aromatic heterocycles. The van der Waals surface area contributed by atoms with E-state index in [0.717, 1.165) is 14.5 Å². The van der Waals surface area contributed by atoms with Crippen LogP contribution in [0.4, 0.5) is 0 Å². The van der Waals surface area contributed by atoms with Gasteiger partial charge in [-0.05, 0) is 49.6 Å². The summed E-state index contributed by atoms with van der Waals surface area (Å²) >= 11 is 6.78. The van der Waals surface area contributed by atoms with Crippen LogP contribution < -0.4 is 0 Å². The fourth-order valence-corrected chi connectivity index (χ4v) is 2.61. The Morgan fingerprint density at radius 2 is 1.80 bits per heavy atom. The van der Waals surface area contributed by atoms with Crippen LogP contribution in [0.2, 0.25) is 0 Å². The first-order valence-electron chi connectivity index (χ1n) is 6.04. The number of ketones is 1. The van der Waals surface area contributed by atoms with Crippen molar-refractivity contribution in [2.45, 2.75) is 12.3 Å². The zero-order chi connectivity index (χ0) is 14.5. The van der Waals surface area contributed by atoms with Crippen molar-refractivity contribution < 1.29 is 4.79 Å². The third-order valence-corrected chi connectivity index (χ3v) is 4.90. The Hall–Kier alpha value is -1.44. The zero-order valence-electron chi connectivity index (χ0n) is 10.5. The van der Waals surface area contributed by atoms with Gasteiger partial charge >= 0.3 is 0 Å². The normalized spacial score (nSPS) is 11.7. The molecule has 0 amide bonds. The monoisotopic (exact) mass is 391 g/mol. The Morgan fingerprint density at radius 1 is 1.10 bits per heavy atom. The number of hydrogen-bond acceptors (Lipinski definition) is 2. The maximum absolute atomic E-state index is 12.6. The molecule has 0 fully saturated rings. The second-order valence-electron chi connectivity index (χ2n) is 4.32. The largest absolute Gasteiger partial charge is 0.293 e. The van der Waals surface area contributed by atoms with Gasteiger partial charge in [-0.1, -0.05) is 36.4 Å². The minimum Gasteiger partial charge on any atom is -0.293 e. The van der Waals surface area contributed by atoms with Gasteiger partial charge in [0.25, 0.3) is 0 Å². The number of rotatable bonds is 4. The molecule has 2 nitrogen and oxygen atoms in total. The third kappa shape index (κ3) is 3.36. The van der Waals surface area contributed by atoms with Crippen molar-refractivity contribution >= 4 is 37.6 Å². The lowest BCUT2D eigenvalue weighted by atomic mass is 9.88. The lowest BCUT2D eigenvalue weighted by Crippen LogP contribution is -2.12. The quantitative estimate of drug-likeness (QED) is 0.679. The molecule has 0 bridgehead atoms. The van der Waals surface area contributed by atoms with Gasteiger partial charge < -0.3 is 0 Å². The summed E-state index contributed by atoms with van der Waals surface area (Å²) in [6.07, 6.45) is 0.177. The van der Waals surface area contributed by atoms with E-state index in [1.54, 1.807) is 12.1 Å². The molecule has 1 atom stereocenters. The second kappa shape index (κ2) is 6.83. The average molecular weight is 393 g/mol. The van der Waals surface area contributed by atoms with Crippen molar-refractivity contribution in [3.63, 3.8) is 0 Å². The van der Waals surface area contributed by atoms with Crippen LogP contribution in [-0.4, -0.2) is 5.78 Å². The minimum absolute atomic E-state index is 0.0362. The van der Waals surface area contributed by atoms with Crippen LogP contribution in [0.1, 0.15) is 28.3 Å². The van der Waals surface area contributed by atoms with Gasteiger partial charge in [-0.3, -0.25) is 4.79 Å². The summed E-state index contributed by atoms with van der Waals surface area (Å²) in [7, 11) is 0. The van der Waals surface area contributed by atoms with E-state index in [2.05, 4.69) is 37.9 Å². The van der Waals surface area contributed by atoms with E-state index in [0.29, 0.717) is 5.56 Å². The molecule has 0 N–H and O–H groups in total. The first kappa shape index (κ1) is 15.0. The lowest BCUT2D eigenvalue weighted by molar-refractivity contribution is 0.0960. The summed E-state index contributed by atoms with van der Waals surface area (Å²) in [5.41, 5.74) is 1.47. The van der Waals surface area contributed by atoms with E-state index in [1.807, 2.05) is 36.4 Å². The molecule has 1 unspecified atom stereocenters. The van der Waals surface area contributed by atoms with Crippen LogP contribution in [0, 0.1) is 11.3 Å². The number of nitrogens with zero attached hydrogens (tertiary/aromatic N) is 1. The molecule has 4 heteroatoms. The highest BCUT2D eigenvalue weighted by molar-refractivity contribution is 9.13. The highest BCUT2D eigenvalue weighted by atomic mass is 79.9.